The average molecular weight is 389 g/mol. The molecule has 2 aromatic carbocycles. The number of carbonyl (C=O) groups excluding carboxylic acids is 1. The van der Waals surface area contributed by atoms with Crippen molar-refractivity contribution < 1.29 is 13.2 Å². The van der Waals surface area contributed by atoms with Crippen LogP contribution in [0.3, 0.4) is 0 Å². The SMILES string of the molecule is CCN(CC)Cc1ccccc1CNC(=O)c1ccc(CS(C)(=O)=O)cc1. The molecule has 0 radical (unpaired) electrons. The Morgan fingerprint density at radius 2 is 1.56 bits per heavy atom. The van der Waals surface area contributed by atoms with Crippen molar-refractivity contribution in [2.75, 3.05) is 19.3 Å². The maximum atomic E-state index is 12.4. The number of hydrogen-bond donors (Lipinski definition) is 1. The van der Waals surface area contributed by atoms with Gasteiger partial charge in [0.05, 0.1) is 5.75 Å². The molecule has 146 valence electrons. The summed E-state index contributed by atoms with van der Waals surface area (Å²) in [5.41, 5.74) is 3.52. The van der Waals surface area contributed by atoms with E-state index < -0.39 is 9.84 Å². The largest absolute Gasteiger partial charge is 0.348 e. The van der Waals surface area contributed by atoms with E-state index in [2.05, 4.69) is 30.1 Å². The summed E-state index contributed by atoms with van der Waals surface area (Å²) in [5.74, 6) is -0.188. The first-order chi connectivity index (χ1) is 12.8. The summed E-state index contributed by atoms with van der Waals surface area (Å²) >= 11 is 0. The molecule has 1 N–H and O–H groups in total. The standard InChI is InChI=1S/C21H28N2O3S/c1-4-23(5-2)15-20-9-7-6-8-19(20)14-22-21(24)18-12-10-17(11-13-18)16-27(3,25)26/h6-13H,4-5,14-16H2,1-3H3,(H,22,24). The van der Waals surface area contributed by atoms with Gasteiger partial charge in [-0.3, -0.25) is 9.69 Å². The number of benzene rings is 2. The summed E-state index contributed by atoms with van der Waals surface area (Å²) in [7, 11) is -3.08. The maximum Gasteiger partial charge on any atom is 0.251 e. The molecule has 0 heterocycles. The topological polar surface area (TPSA) is 66.5 Å². The fourth-order valence-corrected chi connectivity index (χ4v) is 3.70. The van der Waals surface area contributed by atoms with E-state index in [1.807, 2.05) is 18.2 Å². The third-order valence-electron chi connectivity index (χ3n) is 4.49. The molecule has 0 aliphatic rings. The van der Waals surface area contributed by atoms with E-state index in [4.69, 9.17) is 0 Å². The van der Waals surface area contributed by atoms with Crippen LogP contribution in [-0.4, -0.2) is 38.6 Å². The number of rotatable bonds is 9. The van der Waals surface area contributed by atoms with E-state index in [1.54, 1.807) is 24.3 Å². The Morgan fingerprint density at radius 1 is 0.963 bits per heavy atom. The lowest BCUT2D eigenvalue weighted by Crippen LogP contribution is -2.26. The highest BCUT2D eigenvalue weighted by Gasteiger charge is 2.10. The highest BCUT2D eigenvalue weighted by Crippen LogP contribution is 2.13. The minimum Gasteiger partial charge on any atom is -0.348 e. The van der Waals surface area contributed by atoms with Gasteiger partial charge in [0.2, 0.25) is 0 Å². The minimum absolute atomic E-state index is 0.0202. The third-order valence-corrected chi connectivity index (χ3v) is 5.35. The molecule has 0 saturated carbocycles. The summed E-state index contributed by atoms with van der Waals surface area (Å²) in [6.45, 7) is 7.57. The first-order valence-electron chi connectivity index (χ1n) is 9.16. The molecule has 0 spiro atoms. The van der Waals surface area contributed by atoms with E-state index >= 15 is 0 Å². The Labute approximate surface area is 162 Å². The van der Waals surface area contributed by atoms with Crippen molar-refractivity contribution in [1.29, 1.82) is 0 Å². The molecule has 27 heavy (non-hydrogen) atoms. The van der Waals surface area contributed by atoms with Gasteiger partial charge in [0.25, 0.3) is 5.91 Å². The molecule has 1 amide bonds. The van der Waals surface area contributed by atoms with Crippen LogP contribution in [0.15, 0.2) is 48.5 Å². The number of sulfone groups is 1. The number of nitrogens with one attached hydrogen (secondary N) is 1. The van der Waals surface area contributed by atoms with E-state index in [0.717, 1.165) is 25.2 Å². The van der Waals surface area contributed by atoms with Crippen LogP contribution in [0.1, 0.15) is 40.9 Å². The van der Waals surface area contributed by atoms with Gasteiger partial charge in [0.1, 0.15) is 0 Å². The number of nitrogens with zero attached hydrogens (tertiary/aromatic N) is 1. The fourth-order valence-electron chi connectivity index (χ4n) is 2.90. The molecular formula is C21H28N2O3S. The minimum atomic E-state index is -3.08. The van der Waals surface area contributed by atoms with Crippen molar-refractivity contribution in [2.45, 2.75) is 32.7 Å². The van der Waals surface area contributed by atoms with Gasteiger partial charge in [0.15, 0.2) is 9.84 Å². The summed E-state index contributed by atoms with van der Waals surface area (Å²) in [4.78, 5) is 14.8. The van der Waals surface area contributed by atoms with Crippen LogP contribution < -0.4 is 5.32 Å². The lowest BCUT2D eigenvalue weighted by molar-refractivity contribution is 0.0950. The molecule has 0 aliphatic heterocycles. The van der Waals surface area contributed by atoms with E-state index in [9.17, 15) is 13.2 Å². The zero-order valence-electron chi connectivity index (χ0n) is 16.2. The predicted octanol–water partition coefficient (Wildman–Crippen LogP) is 3.00. The molecule has 6 heteroatoms. The molecule has 0 atom stereocenters. The van der Waals surface area contributed by atoms with Gasteiger partial charge in [-0.15, -0.1) is 0 Å². The third kappa shape index (κ3) is 6.81. The van der Waals surface area contributed by atoms with E-state index in [-0.39, 0.29) is 11.7 Å². The van der Waals surface area contributed by atoms with Crippen LogP contribution in [0.2, 0.25) is 0 Å². The monoisotopic (exact) mass is 388 g/mol. The first-order valence-corrected chi connectivity index (χ1v) is 11.2. The Kier molecular flexibility index (Phi) is 7.56. The second-order valence-electron chi connectivity index (χ2n) is 6.68. The molecule has 2 aromatic rings. The van der Waals surface area contributed by atoms with Gasteiger partial charge >= 0.3 is 0 Å². The van der Waals surface area contributed by atoms with Crippen molar-refractivity contribution in [2.24, 2.45) is 0 Å². The second kappa shape index (κ2) is 9.67. The lowest BCUT2D eigenvalue weighted by Gasteiger charge is -2.20. The van der Waals surface area contributed by atoms with Gasteiger partial charge in [-0.25, -0.2) is 8.42 Å². The maximum absolute atomic E-state index is 12.4. The smallest absolute Gasteiger partial charge is 0.251 e. The summed E-state index contributed by atoms with van der Waals surface area (Å²) in [6, 6.07) is 14.8. The zero-order chi connectivity index (χ0) is 19.9. The Morgan fingerprint density at radius 3 is 2.11 bits per heavy atom. The van der Waals surface area contributed by atoms with Crippen molar-refractivity contribution in [3.05, 3.63) is 70.8 Å². The predicted molar refractivity (Wildman–Crippen MR) is 109 cm³/mol. The molecule has 0 saturated heterocycles. The second-order valence-corrected chi connectivity index (χ2v) is 8.82. The highest BCUT2D eigenvalue weighted by molar-refractivity contribution is 7.89. The molecule has 0 unspecified atom stereocenters. The number of hydrogen-bond acceptors (Lipinski definition) is 4. The van der Waals surface area contributed by atoms with Crippen LogP contribution in [0, 0.1) is 0 Å². The zero-order valence-corrected chi connectivity index (χ0v) is 17.1. The molecule has 0 aliphatic carbocycles. The fraction of sp³-hybridized carbons (Fsp3) is 0.381. The summed E-state index contributed by atoms with van der Waals surface area (Å²) in [5, 5.41) is 2.96. The summed E-state index contributed by atoms with van der Waals surface area (Å²) in [6.07, 6.45) is 1.20. The van der Waals surface area contributed by atoms with E-state index in [0.29, 0.717) is 17.7 Å². The normalized spacial score (nSPS) is 11.6. The van der Waals surface area contributed by atoms with Crippen molar-refractivity contribution in [3.8, 4) is 0 Å². The number of amides is 1. The average Bonchev–Trinajstić information content (AvgIpc) is 2.64. The van der Waals surface area contributed by atoms with Crippen LogP contribution in [-0.2, 0) is 28.7 Å². The van der Waals surface area contributed by atoms with Gasteiger partial charge in [0, 0.05) is 24.9 Å². The van der Waals surface area contributed by atoms with Crippen LogP contribution >= 0.6 is 0 Å². The Bertz CT molecular complexity index is 857. The van der Waals surface area contributed by atoms with Crippen LogP contribution in [0.25, 0.3) is 0 Å². The quantitative estimate of drug-likeness (QED) is 0.717. The van der Waals surface area contributed by atoms with Gasteiger partial charge in [-0.2, -0.15) is 0 Å². The Balaban J connectivity index is 2.01. The molecule has 0 fully saturated rings. The van der Waals surface area contributed by atoms with Gasteiger partial charge in [-0.05, 0) is 41.9 Å². The van der Waals surface area contributed by atoms with Gasteiger partial charge < -0.3 is 5.32 Å². The van der Waals surface area contributed by atoms with Crippen LogP contribution in [0.5, 0.6) is 0 Å². The first kappa shape index (κ1) is 21.1. The molecule has 2 rings (SSSR count). The van der Waals surface area contributed by atoms with Crippen molar-refractivity contribution in [3.63, 3.8) is 0 Å². The molecule has 0 bridgehead atoms. The van der Waals surface area contributed by atoms with Crippen molar-refractivity contribution in [1.82, 2.24) is 10.2 Å². The number of carbonyl (C=O) groups is 1. The van der Waals surface area contributed by atoms with Crippen LogP contribution in [0.4, 0.5) is 0 Å². The van der Waals surface area contributed by atoms with Gasteiger partial charge in [-0.1, -0.05) is 50.2 Å². The Hall–Kier alpha value is -2.18. The van der Waals surface area contributed by atoms with Crippen molar-refractivity contribution >= 4 is 15.7 Å². The lowest BCUT2D eigenvalue weighted by atomic mass is 10.1. The molecule has 5 nitrogen and oxygen atoms in total. The molecular weight excluding hydrogens is 360 g/mol. The van der Waals surface area contributed by atoms with E-state index in [1.165, 1.54) is 11.8 Å². The summed E-state index contributed by atoms with van der Waals surface area (Å²) < 4.78 is 22.7. The highest BCUT2D eigenvalue weighted by atomic mass is 32.2. The molecule has 0 aromatic heterocycles.